The molecule has 0 heterocycles. The second kappa shape index (κ2) is 7.95. The summed E-state index contributed by atoms with van der Waals surface area (Å²) in [5.41, 5.74) is 0.925. The molecule has 1 rings (SSSR count). The number of methoxy groups -OCH3 is 1. The number of carbonyl (C=O) groups excluding carboxylic acids is 3. The Morgan fingerprint density at radius 3 is 2.24 bits per heavy atom. The molecule has 0 saturated carbocycles. The molecule has 0 spiro atoms. The summed E-state index contributed by atoms with van der Waals surface area (Å²) in [6, 6.07) is 6.74. The molecule has 0 aromatic heterocycles. The Morgan fingerprint density at radius 2 is 1.71 bits per heavy atom. The molecule has 7 nitrogen and oxygen atoms in total. The van der Waals surface area contributed by atoms with Gasteiger partial charge in [0, 0.05) is 0 Å². The van der Waals surface area contributed by atoms with Gasteiger partial charge in [-0.05, 0) is 31.3 Å². The van der Waals surface area contributed by atoms with Crippen molar-refractivity contribution >= 4 is 46.5 Å². The summed E-state index contributed by atoms with van der Waals surface area (Å²) in [5.74, 6) is -0.663. The van der Waals surface area contributed by atoms with Crippen LogP contribution in [0.5, 0.6) is 0 Å². The number of thiocarbonyl (C=S) groups is 1. The minimum absolute atomic E-state index is 0.0233. The number of benzene rings is 1. The van der Waals surface area contributed by atoms with Crippen LogP contribution in [0.25, 0.3) is 0 Å². The van der Waals surface area contributed by atoms with Crippen LogP contribution < -0.4 is 16.0 Å². The Bertz CT molecular complexity index is 574. The van der Waals surface area contributed by atoms with Gasteiger partial charge in [-0.2, -0.15) is 0 Å². The summed E-state index contributed by atoms with van der Waals surface area (Å²) >= 11 is 4.93. The van der Waals surface area contributed by atoms with E-state index in [9.17, 15) is 14.4 Å². The quantitative estimate of drug-likeness (QED) is 0.578. The molecular weight excluding hydrogens is 294 g/mol. The number of para-hydroxylation sites is 2. The van der Waals surface area contributed by atoms with E-state index < -0.39 is 12.0 Å². The zero-order valence-electron chi connectivity index (χ0n) is 11.6. The molecule has 21 heavy (non-hydrogen) atoms. The highest BCUT2D eigenvalue weighted by atomic mass is 32.1. The fraction of sp³-hybridized carbons (Fsp3) is 0.231. The number of amides is 2. The Kier molecular flexibility index (Phi) is 6.28. The Labute approximate surface area is 127 Å². The SMILES string of the molecule is COC(=O)NC(=S)Nc1ccccc1NC(=O)CC(C)=O. The van der Waals surface area contributed by atoms with E-state index in [0.29, 0.717) is 11.4 Å². The lowest BCUT2D eigenvalue weighted by Crippen LogP contribution is -2.34. The van der Waals surface area contributed by atoms with Crippen LogP contribution in [-0.2, 0) is 14.3 Å². The van der Waals surface area contributed by atoms with Crippen molar-refractivity contribution in [3.63, 3.8) is 0 Å². The molecule has 0 aliphatic heterocycles. The Hall–Kier alpha value is -2.48. The maximum atomic E-state index is 11.6. The van der Waals surface area contributed by atoms with Crippen LogP contribution in [0.3, 0.4) is 0 Å². The fourth-order valence-electron chi connectivity index (χ4n) is 1.42. The maximum Gasteiger partial charge on any atom is 0.413 e. The number of hydrogen-bond acceptors (Lipinski definition) is 5. The molecule has 0 radical (unpaired) electrons. The van der Waals surface area contributed by atoms with Crippen LogP contribution in [0.15, 0.2) is 24.3 Å². The predicted octanol–water partition coefficient (Wildman–Crippen LogP) is 1.66. The molecule has 8 heteroatoms. The second-order valence-electron chi connectivity index (χ2n) is 4.04. The van der Waals surface area contributed by atoms with Crippen LogP contribution in [-0.4, -0.2) is 30.0 Å². The molecule has 0 saturated heterocycles. The number of Topliss-reactive ketones (excluding diaryl/α,β-unsaturated/α-hetero) is 1. The Morgan fingerprint density at radius 1 is 1.14 bits per heavy atom. The van der Waals surface area contributed by atoms with Gasteiger partial charge in [0.25, 0.3) is 0 Å². The summed E-state index contributed by atoms with van der Waals surface area (Å²) in [5, 5.41) is 7.65. The van der Waals surface area contributed by atoms with E-state index in [1.807, 2.05) is 0 Å². The number of rotatable bonds is 4. The summed E-state index contributed by atoms with van der Waals surface area (Å²) in [6.07, 6.45) is -0.912. The Balaban J connectivity index is 2.75. The standard InChI is InChI=1S/C13H15N3O4S/c1-8(17)7-11(18)14-9-5-3-4-6-10(9)15-12(21)16-13(19)20-2/h3-6H,7H2,1-2H3,(H,14,18)(H2,15,16,19,21). The highest BCUT2D eigenvalue weighted by Gasteiger charge is 2.10. The normalized spacial score (nSPS) is 9.43. The lowest BCUT2D eigenvalue weighted by molar-refractivity contribution is -0.124. The van der Waals surface area contributed by atoms with Gasteiger partial charge in [-0.25, -0.2) is 4.79 Å². The zero-order chi connectivity index (χ0) is 15.8. The van der Waals surface area contributed by atoms with Gasteiger partial charge in [-0.3, -0.25) is 14.9 Å². The monoisotopic (exact) mass is 309 g/mol. The van der Waals surface area contributed by atoms with E-state index in [2.05, 4.69) is 20.7 Å². The molecule has 2 amide bonds. The summed E-state index contributed by atoms with van der Waals surface area (Å²) < 4.78 is 4.41. The third-order valence-corrected chi connectivity index (χ3v) is 2.46. The molecule has 0 fully saturated rings. The van der Waals surface area contributed by atoms with Crippen molar-refractivity contribution in [1.29, 1.82) is 0 Å². The number of alkyl carbamates (subject to hydrolysis) is 1. The first-order valence-corrected chi connectivity index (χ1v) is 6.37. The molecule has 0 atom stereocenters. The van der Waals surface area contributed by atoms with E-state index in [4.69, 9.17) is 12.2 Å². The molecular formula is C13H15N3O4S. The molecule has 0 bridgehead atoms. The average Bonchev–Trinajstić information content (AvgIpc) is 2.39. The topological polar surface area (TPSA) is 96.5 Å². The predicted molar refractivity (Wildman–Crippen MR) is 82.1 cm³/mol. The second-order valence-corrected chi connectivity index (χ2v) is 4.45. The number of nitrogens with one attached hydrogen (secondary N) is 3. The first kappa shape index (κ1) is 16.6. The summed E-state index contributed by atoms with van der Waals surface area (Å²) in [4.78, 5) is 33.5. The fourth-order valence-corrected chi connectivity index (χ4v) is 1.61. The molecule has 3 N–H and O–H groups in total. The molecule has 0 unspecified atom stereocenters. The van der Waals surface area contributed by atoms with Gasteiger partial charge in [-0.1, -0.05) is 12.1 Å². The van der Waals surface area contributed by atoms with Crippen molar-refractivity contribution in [2.45, 2.75) is 13.3 Å². The average molecular weight is 309 g/mol. The lowest BCUT2D eigenvalue weighted by atomic mass is 10.2. The first-order chi connectivity index (χ1) is 9.92. The molecule has 112 valence electrons. The van der Waals surface area contributed by atoms with Crippen molar-refractivity contribution in [1.82, 2.24) is 5.32 Å². The molecule has 0 aliphatic rings. The lowest BCUT2D eigenvalue weighted by Gasteiger charge is -2.13. The van der Waals surface area contributed by atoms with Gasteiger partial charge in [0.15, 0.2) is 5.11 Å². The third kappa shape index (κ3) is 6.00. The van der Waals surface area contributed by atoms with Gasteiger partial charge < -0.3 is 15.4 Å². The highest BCUT2D eigenvalue weighted by molar-refractivity contribution is 7.80. The van der Waals surface area contributed by atoms with Gasteiger partial charge in [0.1, 0.15) is 5.78 Å². The van der Waals surface area contributed by atoms with Gasteiger partial charge in [0.05, 0.1) is 24.9 Å². The molecule has 0 aliphatic carbocycles. The van der Waals surface area contributed by atoms with Crippen LogP contribution in [0.1, 0.15) is 13.3 Å². The van der Waals surface area contributed by atoms with E-state index in [1.165, 1.54) is 14.0 Å². The van der Waals surface area contributed by atoms with Crippen LogP contribution in [0, 0.1) is 0 Å². The van der Waals surface area contributed by atoms with E-state index in [-0.39, 0.29) is 17.3 Å². The third-order valence-electron chi connectivity index (χ3n) is 2.26. The van der Waals surface area contributed by atoms with Crippen molar-refractivity contribution in [2.24, 2.45) is 0 Å². The van der Waals surface area contributed by atoms with Crippen LogP contribution >= 0.6 is 12.2 Å². The molecule has 1 aromatic carbocycles. The van der Waals surface area contributed by atoms with Gasteiger partial charge in [-0.15, -0.1) is 0 Å². The molecule has 1 aromatic rings. The van der Waals surface area contributed by atoms with Crippen molar-refractivity contribution < 1.29 is 19.1 Å². The summed E-state index contributed by atoms with van der Waals surface area (Å²) in [7, 11) is 1.22. The van der Waals surface area contributed by atoms with Crippen LogP contribution in [0.2, 0.25) is 0 Å². The number of ketones is 1. The van der Waals surface area contributed by atoms with E-state index >= 15 is 0 Å². The maximum absolute atomic E-state index is 11.6. The van der Waals surface area contributed by atoms with Crippen molar-refractivity contribution in [2.75, 3.05) is 17.7 Å². The van der Waals surface area contributed by atoms with E-state index in [1.54, 1.807) is 24.3 Å². The largest absolute Gasteiger partial charge is 0.453 e. The number of anilines is 2. The van der Waals surface area contributed by atoms with E-state index in [0.717, 1.165) is 0 Å². The number of hydrogen-bond donors (Lipinski definition) is 3. The minimum atomic E-state index is -0.703. The smallest absolute Gasteiger partial charge is 0.413 e. The zero-order valence-corrected chi connectivity index (χ0v) is 12.4. The highest BCUT2D eigenvalue weighted by Crippen LogP contribution is 2.21. The number of carbonyl (C=O) groups is 3. The van der Waals surface area contributed by atoms with Crippen molar-refractivity contribution in [3.05, 3.63) is 24.3 Å². The van der Waals surface area contributed by atoms with Gasteiger partial charge in [0.2, 0.25) is 5.91 Å². The first-order valence-electron chi connectivity index (χ1n) is 5.96. The number of ether oxygens (including phenoxy) is 1. The summed E-state index contributed by atoms with van der Waals surface area (Å²) in [6.45, 7) is 1.33. The minimum Gasteiger partial charge on any atom is -0.453 e. The van der Waals surface area contributed by atoms with Gasteiger partial charge >= 0.3 is 6.09 Å². The van der Waals surface area contributed by atoms with Crippen molar-refractivity contribution in [3.8, 4) is 0 Å². The van der Waals surface area contributed by atoms with Crippen LogP contribution in [0.4, 0.5) is 16.2 Å².